The lowest BCUT2D eigenvalue weighted by atomic mass is 10.2. The van der Waals surface area contributed by atoms with Crippen molar-refractivity contribution < 1.29 is 4.74 Å². The summed E-state index contributed by atoms with van der Waals surface area (Å²) in [5.74, 6) is 0.773. The van der Waals surface area contributed by atoms with Crippen molar-refractivity contribution in [3.8, 4) is 0 Å². The Morgan fingerprint density at radius 3 is 2.80 bits per heavy atom. The SMILES string of the molecule is CC(C)n1c(C2CCCO2)nn(C)c1=O. The Morgan fingerprint density at radius 2 is 2.27 bits per heavy atom. The van der Waals surface area contributed by atoms with Crippen molar-refractivity contribution in [3.63, 3.8) is 0 Å². The number of aromatic nitrogens is 3. The van der Waals surface area contributed by atoms with Crippen LogP contribution in [-0.4, -0.2) is 21.0 Å². The van der Waals surface area contributed by atoms with Gasteiger partial charge in [-0.1, -0.05) is 0 Å². The Morgan fingerprint density at radius 1 is 1.53 bits per heavy atom. The molecule has 5 nitrogen and oxygen atoms in total. The van der Waals surface area contributed by atoms with Gasteiger partial charge in [0.1, 0.15) is 6.10 Å². The minimum absolute atomic E-state index is 0.00120. The first kappa shape index (κ1) is 10.4. The standard InChI is InChI=1S/C10H17N3O2/c1-7(2)13-9(8-5-4-6-15-8)11-12(3)10(13)14/h7-8H,4-6H2,1-3H3. The Hall–Kier alpha value is -1.10. The Balaban J connectivity index is 2.45. The predicted octanol–water partition coefficient (Wildman–Crippen LogP) is 1.01. The molecule has 1 aromatic rings. The van der Waals surface area contributed by atoms with Crippen molar-refractivity contribution in [1.29, 1.82) is 0 Å². The summed E-state index contributed by atoms with van der Waals surface area (Å²) < 4.78 is 8.67. The number of hydrogen-bond donors (Lipinski definition) is 0. The molecule has 0 aromatic carbocycles. The summed E-state index contributed by atoms with van der Waals surface area (Å²) in [5.41, 5.74) is -0.0597. The minimum Gasteiger partial charge on any atom is -0.370 e. The van der Waals surface area contributed by atoms with Crippen molar-refractivity contribution in [2.45, 2.75) is 38.8 Å². The van der Waals surface area contributed by atoms with Crippen LogP contribution in [0, 0.1) is 0 Å². The number of rotatable bonds is 2. The molecule has 1 aliphatic heterocycles. The van der Waals surface area contributed by atoms with E-state index in [9.17, 15) is 4.79 Å². The lowest BCUT2D eigenvalue weighted by Gasteiger charge is -2.12. The first-order valence-electron chi connectivity index (χ1n) is 5.38. The van der Waals surface area contributed by atoms with Gasteiger partial charge in [-0.15, -0.1) is 0 Å². The van der Waals surface area contributed by atoms with E-state index >= 15 is 0 Å². The molecule has 5 heteroatoms. The molecule has 84 valence electrons. The highest BCUT2D eigenvalue weighted by Gasteiger charge is 2.26. The second-order valence-electron chi connectivity index (χ2n) is 4.23. The van der Waals surface area contributed by atoms with Gasteiger partial charge >= 0.3 is 5.69 Å². The maximum absolute atomic E-state index is 11.8. The quantitative estimate of drug-likeness (QED) is 0.733. The van der Waals surface area contributed by atoms with Crippen LogP contribution in [-0.2, 0) is 11.8 Å². The van der Waals surface area contributed by atoms with E-state index in [2.05, 4.69) is 5.10 Å². The van der Waals surface area contributed by atoms with Gasteiger partial charge in [0.2, 0.25) is 0 Å². The smallest absolute Gasteiger partial charge is 0.345 e. The van der Waals surface area contributed by atoms with Crippen molar-refractivity contribution in [2.75, 3.05) is 6.61 Å². The highest BCUT2D eigenvalue weighted by molar-refractivity contribution is 4.96. The molecule has 0 N–H and O–H groups in total. The lowest BCUT2D eigenvalue weighted by Crippen LogP contribution is -2.25. The number of hydrogen-bond acceptors (Lipinski definition) is 3. The van der Waals surface area contributed by atoms with E-state index in [4.69, 9.17) is 4.74 Å². The molecule has 0 spiro atoms. The van der Waals surface area contributed by atoms with Gasteiger partial charge in [0.05, 0.1) is 0 Å². The van der Waals surface area contributed by atoms with Crippen LogP contribution in [0.25, 0.3) is 0 Å². The van der Waals surface area contributed by atoms with E-state index in [1.807, 2.05) is 13.8 Å². The van der Waals surface area contributed by atoms with Gasteiger partial charge in [0, 0.05) is 19.7 Å². The monoisotopic (exact) mass is 211 g/mol. The Bertz CT molecular complexity index is 399. The molecule has 0 saturated carbocycles. The van der Waals surface area contributed by atoms with Crippen LogP contribution in [0.2, 0.25) is 0 Å². The largest absolute Gasteiger partial charge is 0.370 e. The van der Waals surface area contributed by atoms with Crippen LogP contribution in [0.3, 0.4) is 0 Å². The Kier molecular flexibility index (Phi) is 2.65. The molecule has 0 bridgehead atoms. The van der Waals surface area contributed by atoms with Crippen molar-refractivity contribution in [3.05, 3.63) is 16.3 Å². The van der Waals surface area contributed by atoms with Crippen molar-refractivity contribution in [2.24, 2.45) is 7.05 Å². The van der Waals surface area contributed by atoms with E-state index in [-0.39, 0.29) is 17.8 Å². The zero-order valence-electron chi connectivity index (χ0n) is 9.43. The fraction of sp³-hybridized carbons (Fsp3) is 0.800. The highest BCUT2D eigenvalue weighted by Crippen LogP contribution is 2.27. The number of nitrogens with zero attached hydrogens (tertiary/aromatic N) is 3. The zero-order valence-corrected chi connectivity index (χ0v) is 9.43. The third-order valence-corrected chi connectivity index (χ3v) is 2.72. The van der Waals surface area contributed by atoms with Crippen LogP contribution >= 0.6 is 0 Å². The van der Waals surface area contributed by atoms with Gasteiger partial charge < -0.3 is 4.74 Å². The average molecular weight is 211 g/mol. The third-order valence-electron chi connectivity index (χ3n) is 2.72. The molecule has 2 rings (SSSR count). The summed E-state index contributed by atoms with van der Waals surface area (Å²) in [5, 5.41) is 4.26. The third kappa shape index (κ3) is 1.71. The van der Waals surface area contributed by atoms with Gasteiger partial charge in [-0.05, 0) is 26.7 Å². The van der Waals surface area contributed by atoms with Gasteiger partial charge in [0.25, 0.3) is 0 Å². The summed E-state index contributed by atoms with van der Waals surface area (Å²) >= 11 is 0. The fourth-order valence-corrected chi connectivity index (χ4v) is 1.98. The second kappa shape index (κ2) is 3.81. The summed E-state index contributed by atoms with van der Waals surface area (Å²) in [6.45, 7) is 4.75. The molecule has 1 fully saturated rings. The molecule has 0 aliphatic carbocycles. The van der Waals surface area contributed by atoms with Crippen molar-refractivity contribution >= 4 is 0 Å². The summed E-state index contributed by atoms with van der Waals surface area (Å²) in [6.07, 6.45) is 2.01. The highest BCUT2D eigenvalue weighted by atomic mass is 16.5. The summed E-state index contributed by atoms with van der Waals surface area (Å²) in [4.78, 5) is 11.8. The van der Waals surface area contributed by atoms with Gasteiger partial charge in [-0.2, -0.15) is 5.10 Å². The van der Waals surface area contributed by atoms with Gasteiger partial charge in [-0.25, -0.2) is 9.48 Å². The topological polar surface area (TPSA) is 49.0 Å². The van der Waals surface area contributed by atoms with Crippen LogP contribution in [0.1, 0.15) is 44.7 Å². The molecule has 0 amide bonds. The van der Waals surface area contributed by atoms with Crippen LogP contribution in [0.4, 0.5) is 0 Å². The van der Waals surface area contributed by atoms with Gasteiger partial charge in [0.15, 0.2) is 5.82 Å². The molecule has 15 heavy (non-hydrogen) atoms. The van der Waals surface area contributed by atoms with Crippen molar-refractivity contribution in [1.82, 2.24) is 14.3 Å². The first-order chi connectivity index (χ1) is 7.11. The van der Waals surface area contributed by atoms with E-state index in [0.717, 1.165) is 25.3 Å². The first-order valence-corrected chi connectivity index (χ1v) is 5.38. The van der Waals surface area contributed by atoms with E-state index in [1.54, 1.807) is 11.6 Å². The summed E-state index contributed by atoms with van der Waals surface area (Å²) in [7, 11) is 1.68. The average Bonchev–Trinajstić information content (AvgIpc) is 2.75. The number of ether oxygens (including phenoxy) is 1. The molecule has 1 atom stereocenters. The van der Waals surface area contributed by atoms with Crippen LogP contribution in [0.15, 0.2) is 4.79 Å². The lowest BCUT2D eigenvalue weighted by molar-refractivity contribution is 0.100. The molecule has 1 aliphatic rings. The molecular formula is C10H17N3O2. The maximum atomic E-state index is 11.8. The predicted molar refractivity (Wildman–Crippen MR) is 55.8 cm³/mol. The van der Waals surface area contributed by atoms with Crippen LogP contribution < -0.4 is 5.69 Å². The van der Waals surface area contributed by atoms with E-state index < -0.39 is 0 Å². The molecule has 1 saturated heterocycles. The normalized spacial score (nSPS) is 21.5. The fourth-order valence-electron chi connectivity index (χ4n) is 1.98. The number of aryl methyl sites for hydroxylation is 1. The zero-order chi connectivity index (χ0) is 11.0. The molecule has 2 heterocycles. The molecule has 1 unspecified atom stereocenters. The van der Waals surface area contributed by atoms with E-state index in [1.165, 1.54) is 4.68 Å². The van der Waals surface area contributed by atoms with Gasteiger partial charge in [-0.3, -0.25) is 4.57 Å². The summed E-state index contributed by atoms with van der Waals surface area (Å²) in [6, 6.07) is 0.130. The maximum Gasteiger partial charge on any atom is 0.345 e. The molecule has 1 aromatic heterocycles. The minimum atomic E-state index is -0.0597. The molecular weight excluding hydrogens is 194 g/mol. The molecule has 0 radical (unpaired) electrons. The van der Waals surface area contributed by atoms with E-state index in [0.29, 0.717) is 0 Å². The second-order valence-corrected chi connectivity index (χ2v) is 4.23. The van der Waals surface area contributed by atoms with Crippen LogP contribution in [0.5, 0.6) is 0 Å². The Labute approximate surface area is 88.7 Å².